The van der Waals surface area contributed by atoms with Crippen LogP contribution in [0.5, 0.6) is 0 Å². The predicted octanol–water partition coefficient (Wildman–Crippen LogP) is 2.17. The summed E-state index contributed by atoms with van der Waals surface area (Å²) in [7, 11) is -4.53. The predicted molar refractivity (Wildman–Crippen MR) is 92.7 cm³/mol. The van der Waals surface area contributed by atoms with Crippen molar-refractivity contribution in [1.29, 1.82) is 0 Å². The first kappa shape index (κ1) is 22.5. The van der Waals surface area contributed by atoms with Crippen LogP contribution in [-0.4, -0.2) is 52.1 Å². The zero-order chi connectivity index (χ0) is 18.9. The van der Waals surface area contributed by atoms with E-state index in [0.29, 0.717) is 35.1 Å². The lowest BCUT2D eigenvalue weighted by molar-refractivity contribution is 0.0135. The van der Waals surface area contributed by atoms with Crippen molar-refractivity contribution in [1.82, 2.24) is 10.0 Å². The lowest BCUT2D eigenvalue weighted by Crippen LogP contribution is -2.32. The lowest BCUT2D eigenvalue weighted by Gasteiger charge is -2.16. The fraction of sp³-hybridized carbons (Fsp3) is 0.571. The Hall–Kier alpha value is -0.550. The van der Waals surface area contributed by atoms with E-state index in [1.807, 2.05) is 0 Å². The molecule has 0 fully saturated rings. The average molecular weight is 421 g/mol. The molecule has 0 saturated carbocycles. The standard InChI is InChI=1S/C14H20Cl2F2N2O4S/c15-11-3-2-10(8-12(11)16)13(9-21)24-7-6-19-4-1-5-20-25(22,23)14(17)18/h2-3,8,13-14,19-21H,1,4-7,9H2. The maximum atomic E-state index is 12.1. The highest BCUT2D eigenvalue weighted by Crippen LogP contribution is 2.26. The van der Waals surface area contributed by atoms with Crippen molar-refractivity contribution in [3.63, 3.8) is 0 Å². The van der Waals surface area contributed by atoms with E-state index in [2.05, 4.69) is 5.32 Å². The maximum absolute atomic E-state index is 12.1. The van der Waals surface area contributed by atoms with Crippen molar-refractivity contribution in [2.24, 2.45) is 0 Å². The number of ether oxygens (including phenoxy) is 1. The number of nitrogens with one attached hydrogen (secondary N) is 2. The van der Waals surface area contributed by atoms with Gasteiger partial charge in [0.15, 0.2) is 0 Å². The number of rotatable bonds is 12. The minimum atomic E-state index is -4.53. The van der Waals surface area contributed by atoms with Gasteiger partial charge in [0.25, 0.3) is 10.0 Å². The first-order chi connectivity index (χ1) is 11.8. The van der Waals surface area contributed by atoms with Gasteiger partial charge in [0.2, 0.25) is 0 Å². The number of alkyl halides is 2. The van der Waals surface area contributed by atoms with Gasteiger partial charge in [0.05, 0.1) is 23.3 Å². The molecule has 0 saturated heterocycles. The largest absolute Gasteiger partial charge is 0.393 e. The third-order valence-electron chi connectivity index (χ3n) is 3.15. The van der Waals surface area contributed by atoms with Crippen LogP contribution in [0.2, 0.25) is 10.0 Å². The van der Waals surface area contributed by atoms with Crippen LogP contribution in [0.1, 0.15) is 18.1 Å². The second-order valence-corrected chi connectivity index (χ2v) is 7.57. The molecule has 0 heterocycles. The molecule has 0 bridgehead atoms. The molecule has 1 aromatic carbocycles. The summed E-state index contributed by atoms with van der Waals surface area (Å²) in [5.41, 5.74) is 0.693. The van der Waals surface area contributed by atoms with Crippen LogP contribution >= 0.6 is 23.2 Å². The molecule has 144 valence electrons. The summed E-state index contributed by atoms with van der Waals surface area (Å²) in [4.78, 5) is 0. The van der Waals surface area contributed by atoms with Gasteiger partial charge >= 0.3 is 5.76 Å². The molecule has 1 atom stereocenters. The molecular formula is C14H20Cl2F2N2O4S. The maximum Gasteiger partial charge on any atom is 0.350 e. The summed E-state index contributed by atoms with van der Waals surface area (Å²) >= 11 is 11.8. The van der Waals surface area contributed by atoms with Gasteiger partial charge in [0.1, 0.15) is 6.10 Å². The van der Waals surface area contributed by atoms with E-state index in [4.69, 9.17) is 27.9 Å². The third kappa shape index (κ3) is 8.12. The van der Waals surface area contributed by atoms with Crippen molar-refractivity contribution >= 4 is 33.2 Å². The van der Waals surface area contributed by atoms with Crippen LogP contribution < -0.4 is 10.0 Å². The Kier molecular flexibility index (Phi) is 10.1. The van der Waals surface area contributed by atoms with E-state index >= 15 is 0 Å². The highest BCUT2D eigenvalue weighted by molar-refractivity contribution is 7.89. The van der Waals surface area contributed by atoms with Crippen LogP contribution in [0.3, 0.4) is 0 Å². The van der Waals surface area contributed by atoms with E-state index in [-0.39, 0.29) is 19.8 Å². The number of hydrogen-bond donors (Lipinski definition) is 3. The van der Waals surface area contributed by atoms with Gasteiger partial charge in [-0.2, -0.15) is 8.78 Å². The number of hydrogen-bond acceptors (Lipinski definition) is 5. The van der Waals surface area contributed by atoms with Gasteiger partial charge in [0, 0.05) is 13.1 Å². The third-order valence-corrected chi connectivity index (χ3v) is 4.96. The van der Waals surface area contributed by atoms with Gasteiger partial charge in [-0.25, -0.2) is 13.1 Å². The van der Waals surface area contributed by atoms with Gasteiger partial charge in [-0.3, -0.25) is 0 Å². The minimum Gasteiger partial charge on any atom is -0.393 e. The van der Waals surface area contributed by atoms with Crippen molar-refractivity contribution in [2.45, 2.75) is 18.3 Å². The second kappa shape index (κ2) is 11.2. The molecule has 0 radical (unpaired) electrons. The molecule has 6 nitrogen and oxygen atoms in total. The van der Waals surface area contributed by atoms with E-state index in [9.17, 15) is 22.3 Å². The highest BCUT2D eigenvalue weighted by atomic mass is 35.5. The molecule has 0 aliphatic carbocycles. The Balaban J connectivity index is 2.20. The zero-order valence-corrected chi connectivity index (χ0v) is 15.5. The number of aliphatic hydroxyl groups is 1. The van der Waals surface area contributed by atoms with Crippen LogP contribution in [0.4, 0.5) is 8.78 Å². The molecule has 0 aliphatic rings. The van der Waals surface area contributed by atoms with E-state index in [1.165, 1.54) is 0 Å². The minimum absolute atomic E-state index is 0.0803. The lowest BCUT2D eigenvalue weighted by atomic mass is 10.1. The molecule has 0 aliphatic heterocycles. The molecule has 0 amide bonds. The molecule has 1 unspecified atom stereocenters. The van der Waals surface area contributed by atoms with Crippen molar-refractivity contribution in [3.05, 3.63) is 33.8 Å². The van der Waals surface area contributed by atoms with E-state index in [0.717, 1.165) is 0 Å². The average Bonchev–Trinajstić information content (AvgIpc) is 2.56. The van der Waals surface area contributed by atoms with E-state index in [1.54, 1.807) is 22.9 Å². The van der Waals surface area contributed by atoms with Crippen molar-refractivity contribution in [2.75, 3.05) is 32.8 Å². The molecule has 0 spiro atoms. The first-order valence-electron chi connectivity index (χ1n) is 7.42. The quantitative estimate of drug-likeness (QED) is 0.451. The molecule has 1 rings (SSSR count). The van der Waals surface area contributed by atoms with Crippen LogP contribution in [-0.2, 0) is 14.8 Å². The SMILES string of the molecule is O=S(=O)(NCCCNCCOC(CO)c1ccc(Cl)c(Cl)c1)C(F)F. The molecular weight excluding hydrogens is 401 g/mol. The zero-order valence-electron chi connectivity index (χ0n) is 13.2. The number of aliphatic hydroxyl groups excluding tert-OH is 1. The number of halogens is 4. The summed E-state index contributed by atoms with van der Waals surface area (Å²) in [5, 5.41) is 13.1. The van der Waals surface area contributed by atoms with Gasteiger partial charge in [-0.1, -0.05) is 29.3 Å². The Labute approximate surface area is 155 Å². The summed E-state index contributed by atoms with van der Waals surface area (Å²) in [6.07, 6.45) is -0.197. The van der Waals surface area contributed by atoms with E-state index < -0.39 is 21.9 Å². The fourth-order valence-corrected chi connectivity index (χ4v) is 2.72. The first-order valence-corrected chi connectivity index (χ1v) is 9.73. The van der Waals surface area contributed by atoms with Crippen LogP contribution in [0.15, 0.2) is 18.2 Å². The Morgan fingerprint density at radius 3 is 2.48 bits per heavy atom. The van der Waals surface area contributed by atoms with Crippen molar-refractivity contribution < 1.29 is 27.0 Å². The van der Waals surface area contributed by atoms with Gasteiger partial charge < -0.3 is 15.2 Å². The number of benzene rings is 1. The summed E-state index contributed by atoms with van der Waals surface area (Å²) in [6, 6.07) is 4.94. The second-order valence-electron chi connectivity index (χ2n) is 5.02. The monoisotopic (exact) mass is 420 g/mol. The van der Waals surface area contributed by atoms with Gasteiger partial charge in [-0.05, 0) is 30.7 Å². The smallest absolute Gasteiger partial charge is 0.350 e. The molecule has 25 heavy (non-hydrogen) atoms. The fourth-order valence-electron chi connectivity index (χ4n) is 1.86. The number of sulfonamides is 1. The Morgan fingerprint density at radius 1 is 1.16 bits per heavy atom. The Bertz CT molecular complexity index is 635. The van der Waals surface area contributed by atoms with Crippen molar-refractivity contribution in [3.8, 4) is 0 Å². The topological polar surface area (TPSA) is 87.7 Å². The highest BCUT2D eigenvalue weighted by Gasteiger charge is 2.22. The molecule has 1 aromatic rings. The molecule has 0 aromatic heterocycles. The normalized spacial score (nSPS) is 13.4. The summed E-state index contributed by atoms with van der Waals surface area (Å²) < 4.78 is 53.1. The van der Waals surface area contributed by atoms with Crippen LogP contribution in [0.25, 0.3) is 0 Å². The van der Waals surface area contributed by atoms with Crippen LogP contribution in [0, 0.1) is 0 Å². The van der Waals surface area contributed by atoms with Gasteiger partial charge in [-0.15, -0.1) is 0 Å². The molecule has 3 N–H and O–H groups in total. The summed E-state index contributed by atoms with van der Waals surface area (Å²) in [5.74, 6) is -3.43. The Morgan fingerprint density at radius 2 is 1.88 bits per heavy atom. The molecule has 11 heteroatoms. The summed E-state index contributed by atoms with van der Waals surface area (Å²) in [6.45, 7) is 0.843.